The van der Waals surface area contributed by atoms with Crippen LogP contribution in [-0.4, -0.2) is 11.0 Å². The van der Waals surface area contributed by atoms with Crippen molar-refractivity contribution >= 4 is 11.5 Å². The Kier molecular flexibility index (Phi) is 3.69. The van der Waals surface area contributed by atoms with Crippen LogP contribution in [0.15, 0.2) is 24.9 Å². The molecule has 1 unspecified atom stereocenters. The van der Waals surface area contributed by atoms with E-state index in [1.807, 2.05) is 19.1 Å². The van der Waals surface area contributed by atoms with Crippen LogP contribution in [0.2, 0.25) is 0 Å². The highest BCUT2D eigenvalue weighted by atomic mass is 15.0. The molecule has 15 heavy (non-hydrogen) atoms. The minimum atomic E-state index is 0.200. The fourth-order valence-corrected chi connectivity index (χ4v) is 1.23. The Hall–Kier alpha value is -2.02. The molecule has 0 aliphatic rings. The van der Waals surface area contributed by atoms with Crippen molar-refractivity contribution < 1.29 is 0 Å². The number of rotatable bonds is 4. The number of hydrogen-bond donors (Lipinski definition) is 2. The Morgan fingerprint density at radius 1 is 1.80 bits per heavy atom. The van der Waals surface area contributed by atoms with Gasteiger partial charge in [-0.2, -0.15) is 5.26 Å². The van der Waals surface area contributed by atoms with Crippen LogP contribution in [0.25, 0.3) is 0 Å². The zero-order valence-electron chi connectivity index (χ0n) is 8.70. The second-order valence-corrected chi connectivity index (χ2v) is 3.30. The molecular weight excluding hydrogens is 188 g/mol. The molecule has 4 nitrogen and oxygen atoms in total. The number of nitrogen functional groups attached to an aromatic ring is 1. The Balaban J connectivity index is 2.86. The molecule has 1 aromatic rings. The van der Waals surface area contributed by atoms with Gasteiger partial charge in [0.05, 0.1) is 11.3 Å². The van der Waals surface area contributed by atoms with Crippen molar-refractivity contribution in [2.75, 3.05) is 11.1 Å². The van der Waals surface area contributed by atoms with Gasteiger partial charge in [0.2, 0.25) is 0 Å². The Morgan fingerprint density at radius 3 is 3.13 bits per heavy atom. The van der Waals surface area contributed by atoms with Gasteiger partial charge in [-0.05, 0) is 19.4 Å². The molecule has 0 aliphatic heterocycles. The maximum absolute atomic E-state index is 8.78. The number of pyridine rings is 1. The number of aromatic nitrogens is 1. The fraction of sp³-hybridized carbons (Fsp3) is 0.273. The van der Waals surface area contributed by atoms with Crippen LogP contribution in [0.3, 0.4) is 0 Å². The molecule has 0 spiro atoms. The van der Waals surface area contributed by atoms with Crippen LogP contribution >= 0.6 is 0 Å². The summed E-state index contributed by atoms with van der Waals surface area (Å²) in [5, 5.41) is 11.9. The molecule has 0 saturated heterocycles. The van der Waals surface area contributed by atoms with Gasteiger partial charge in [0.1, 0.15) is 6.07 Å². The molecule has 4 heteroatoms. The zero-order chi connectivity index (χ0) is 11.3. The summed E-state index contributed by atoms with van der Waals surface area (Å²) in [7, 11) is 0. The molecule has 1 heterocycles. The summed E-state index contributed by atoms with van der Waals surface area (Å²) in [5.74, 6) is 0.559. The summed E-state index contributed by atoms with van der Waals surface area (Å²) in [6.45, 7) is 5.66. The number of nitrogens with zero attached hydrogens (tertiary/aromatic N) is 2. The highest BCUT2D eigenvalue weighted by Gasteiger charge is 2.07. The Labute approximate surface area is 89.4 Å². The summed E-state index contributed by atoms with van der Waals surface area (Å²) < 4.78 is 0. The van der Waals surface area contributed by atoms with E-state index in [1.54, 1.807) is 12.3 Å². The number of nitrogens with one attached hydrogen (secondary N) is 1. The summed E-state index contributed by atoms with van der Waals surface area (Å²) in [6.07, 6.45) is 4.21. The lowest BCUT2D eigenvalue weighted by Gasteiger charge is -2.14. The monoisotopic (exact) mass is 202 g/mol. The summed E-state index contributed by atoms with van der Waals surface area (Å²) >= 11 is 0. The standard InChI is InChI=1S/C11H14N4/c1-3-4-8(2)15-11-10(13)9(7-12)5-6-14-11/h3,5-6,8H,1,4,13H2,2H3,(H,14,15). The molecule has 0 fully saturated rings. The first-order chi connectivity index (χ1) is 7.19. The van der Waals surface area contributed by atoms with Crippen molar-refractivity contribution in [2.45, 2.75) is 19.4 Å². The summed E-state index contributed by atoms with van der Waals surface area (Å²) in [6, 6.07) is 3.81. The fourth-order valence-electron chi connectivity index (χ4n) is 1.23. The van der Waals surface area contributed by atoms with Crippen LogP contribution in [-0.2, 0) is 0 Å². The second-order valence-electron chi connectivity index (χ2n) is 3.30. The topological polar surface area (TPSA) is 74.7 Å². The highest BCUT2D eigenvalue weighted by molar-refractivity contribution is 5.69. The van der Waals surface area contributed by atoms with Crippen LogP contribution in [0.1, 0.15) is 18.9 Å². The van der Waals surface area contributed by atoms with E-state index in [2.05, 4.69) is 16.9 Å². The van der Waals surface area contributed by atoms with Crippen molar-refractivity contribution in [1.29, 1.82) is 5.26 Å². The predicted molar refractivity (Wildman–Crippen MR) is 61.3 cm³/mol. The Morgan fingerprint density at radius 2 is 2.53 bits per heavy atom. The average Bonchev–Trinajstić information content (AvgIpc) is 2.21. The molecule has 78 valence electrons. The normalized spacial score (nSPS) is 11.5. The molecule has 1 rings (SSSR count). The van der Waals surface area contributed by atoms with E-state index in [0.717, 1.165) is 6.42 Å². The molecule has 1 atom stereocenters. The molecule has 0 aliphatic carbocycles. The van der Waals surface area contributed by atoms with Crippen molar-refractivity contribution in [1.82, 2.24) is 4.98 Å². The molecule has 0 radical (unpaired) electrons. The molecule has 3 N–H and O–H groups in total. The van der Waals surface area contributed by atoms with E-state index in [1.165, 1.54) is 0 Å². The third-order valence-electron chi connectivity index (χ3n) is 2.01. The van der Waals surface area contributed by atoms with Crippen LogP contribution < -0.4 is 11.1 Å². The molecule has 1 aromatic heterocycles. The van der Waals surface area contributed by atoms with E-state index in [0.29, 0.717) is 17.1 Å². The number of nitrogens with two attached hydrogens (primary N) is 1. The second kappa shape index (κ2) is 5.01. The SMILES string of the molecule is C=CCC(C)Nc1nccc(C#N)c1N. The molecule has 0 amide bonds. The van der Waals surface area contributed by atoms with E-state index in [4.69, 9.17) is 11.0 Å². The van der Waals surface area contributed by atoms with Crippen molar-refractivity contribution in [3.05, 3.63) is 30.5 Å². The van der Waals surface area contributed by atoms with Crippen molar-refractivity contribution in [2.24, 2.45) is 0 Å². The van der Waals surface area contributed by atoms with E-state index in [-0.39, 0.29) is 6.04 Å². The molecule has 0 bridgehead atoms. The first-order valence-corrected chi connectivity index (χ1v) is 4.71. The van der Waals surface area contributed by atoms with Crippen molar-refractivity contribution in [3.8, 4) is 6.07 Å². The van der Waals surface area contributed by atoms with E-state index >= 15 is 0 Å². The lowest BCUT2D eigenvalue weighted by atomic mass is 10.2. The molecule has 0 aromatic carbocycles. The van der Waals surface area contributed by atoms with Gasteiger partial charge < -0.3 is 11.1 Å². The third kappa shape index (κ3) is 2.71. The van der Waals surface area contributed by atoms with Crippen LogP contribution in [0.4, 0.5) is 11.5 Å². The van der Waals surface area contributed by atoms with E-state index < -0.39 is 0 Å². The highest BCUT2D eigenvalue weighted by Crippen LogP contribution is 2.20. The van der Waals surface area contributed by atoms with Crippen LogP contribution in [0.5, 0.6) is 0 Å². The predicted octanol–water partition coefficient (Wildman–Crippen LogP) is 1.91. The first-order valence-electron chi connectivity index (χ1n) is 4.71. The van der Waals surface area contributed by atoms with Gasteiger partial charge in [0, 0.05) is 12.2 Å². The van der Waals surface area contributed by atoms with Gasteiger partial charge in [0.15, 0.2) is 5.82 Å². The number of nitriles is 1. The van der Waals surface area contributed by atoms with Gasteiger partial charge >= 0.3 is 0 Å². The van der Waals surface area contributed by atoms with Gasteiger partial charge in [0.25, 0.3) is 0 Å². The molecular formula is C11H14N4. The summed E-state index contributed by atoms with van der Waals surface area (Å²) in [4.78, 5) is 4.09. The van der Waals surface area contributed by atoms with Crippen LogP contribution in [0, 0.1) is 11.3 Å². The first kappa shape index (κ1) is 11.1. The maximum Gasteiger partial charge on any atom is 0.150 e. The summed E-state index contributed by atoms with van der Waals surface area (Å²) in [5.41, 5.74) is 6.61. The zero-order valence-corrected chi connectivity index (χ0v) is 8.70. The lowest BCUT2D eigenvalue weighted by molar-refractivity contribution is 0.808. The largest absolute Gasteiger partial charge is 0.395 e. The lowest BCUT2D eigenvalue weighted by Crippen LogP contribution is -2.16. The number of anilines is 2. The quantitative estimate of drug-likeness (QED) is 0.731. The maximum atomic E-state index is 8.78. The third-order valence-corrected chi connectivity index (χ3v) is 2.01. The molecule has 0 saturated carbocycles. The van der Waals surface area contributed by atoms with Gasteiger partial charge in [-0.3, -0.25) is 0 Å². The van der Waals surface area contributed by atoms with Gasteiger partial charge in [-0.25, -0.2) is 4.98 Å². The minimum absolute atomic E-state index is 0.200. The number of hydrogen-bond acceptors (Lipinski definition) is 4. The average molecular weight is 202 g/mol. The van der Waals surface area contributed by atoms with E-state index in [9.17, 15) is 0 Å². The minimum Gasteiger partial charge on any atom is -0.395 e. The smallest absolute Gasteiger partial charge is 0.150 e. The van der Waals surface area contributed by atoms with Gasteiger partial charge in [-0.1, -0.05) is 6.08 Å². The van der Waals surface area contributed by atoms with Crippen molar-refractivity contribution in [3.63, 3.8) is 0 Å². The Bertz CT molecular complexity index is 392. The van der Waals surface area contributed by atoms with Gasteiger partial charge in [-0.15, -0.1) is 6.58 Å².